The van der Waals surface area contributed by atoms with Crippen molar-refractivity contribution in [3.63, 3.8) is 0 Å². The summed E-state index contributed by atoms with van der Waals surface area (Å²) in [5.74, 6) is 0.0365. The summed E-state index contributed by atoms with van der Waals surface area (Å²) in [6.07, 6.45) is 2.34. The second-order valence-electron chi connectivity index (χ2n) is 3.91. The predicted octanol–water partition coefficient (Wildman–Crippen LogP) is 0.234. The van der Waals surface area contributed by atoms with Crippen molar-refractivity contribution in [3.8, 4) is 0 Å². The van der Waals surface area contributed by atoms with Crippen LogP contribution in [0.4, 0.5) is 5.69 Å². The van der Waals surface area contributed by atoms with Gasteiger partial charge in [-0.1, -0.05) is 0 Å². The number of pyridine rings is 1. The molecule has 1 aliphatic heterocycles. The average molecular weight is 298 g/mol. The number of hydrogen-bond acceptors (Lipinski definition) is 4. The Kier molecular flexibility index (Phi) is 3.81. The molecule has 0 saturated heterocycles. The van der Waals surface area contributed by atoms with Crippen LogP contribution in [0.15, 0.2) is 16.7 Å². The molecule has 0 spiro atoms. The summed E-state index contributed by atoms with van der Waals surface area (Å²) in [5.41, 5.74) is 1.78. The van der Waals surface area contributed by atoms with Gasteiger partial charge in [0.05, 0.1) is 17.4 Å². The number of likely N-dealkylation sites (N-methyl/N-ethyl adjacent to an activating group) is 1. The average Bonchev–Trinajstić information content (AvgIpc) is 2.33. The van der Waals surface area contributed by atoms with Crippen LogP contribution in [-0.4, -0.2) is 38.7 Å². The molecule has 1 aromatic rings. The minimum absolute atomic E-state index is 0.0365. The second kappa shape index (κ2) is 5.16. The van der Waals surface area contributed by atoms with Gasteiger partial charge in [-0.3, -0.25) is 9.78 Å². The minimum Gasteiger partial charge on any atom is -0.427 e. The van der Waals surface area contributed by atoms with E-state index in [2.05, 4.69) is 26.1 Å². The molecule has 0 fully saturated rings. The Morgan fingerprint density at radius 2 is 2.47 bits per heavy atom. The van der Waals surface area contributed by atoms with Crippen LogP contribution in [0, 0.1) is 0 Å². The van der Waals surface area contributed by atoms with E-state index in [1.807, 2.05) is 6.07 Å². The molecule has 0 bridgehead atoms. The van der Waals surface area contributed by atoms with Gasteiger partial charge < -0.3 is 14.8 Å². The molecule has 2 rings (SSSR count). The van der Waals surface area contributed by atoms with Gasteiger partial charge >= 0.3 is 7.62 Å². The zero-order valence-electron chi connectivity index (χ0n) is 9.74. The van der Waals surface area contributed by atoms with Crippen LogP contribution in [-0.2, 0) is 15.9 Å². The molecule has 90 valence electrons. The van der Waals surface area contributed by atoms with E-state index < -0.39 is 0 Å². The molecule has 2 heterocycles. The molecular weight excluding hydrogens is 285 g/mol. The molecular formula is C10H13BBrN3O2. The number of amides is 1. The molecule has 0 unspecified atom stereocenters. The number of hydrogen-bond donors (Lipinski definition) is 1. The van der Waals surface area contributed by atoms with Crippen molar-refractivity contribution in [2.24, 2.45) is 0 Å². The Balaban J connectivity index is 2.26. The molecule has 5 nitrogen and oxygen atoms in total. The van der Waals surface area contributed by atoms with Crippen LogP contribution in [0.2, 0.25) is 0 Å². The molecule has 1 amide bonds. The zero-order chi connectivity index (χ0) is 12.4. The van der Waals surface area contributed by atoms with E-state index in [9.17, 15) is 4.79 Å². The number of aromatic nitrogens is 1. The Morgan fingerprint density at radius 1 is 1.71 bits per heavy atom. The third kappa shape index (κ3) is 2.51. The SMILES string of the molecule is COBN[C@@H]1Cc2ncc(Br)cc2N(C)C1=O. The van der Waals surface area contributed by atoms with E-state index >= 15 is 0 Å². The van der Waals surface area contributed by atoms with Gasteiger partial charge in [-0.2, -0.15) is 0 Å². The van der Waals surface area contributed by atoms with E-state index in [4.69, 9.17) is 4.65 Å². The third-order valence-corrected chi connectivity index (χ3v) is 3.21. The quantitative estimate of drug-likeness (QED) is 0.812. The van der Waals surface area contributed by atoms with Gasteiger partial charge in [-0.25, -0.2) is 0 Å². The summed E-state index contributed by atoms with van der Waals surface area (Å²) in [6, 6.07) is 1.65. The first-order valence-corrected chi connectivity index (χ1v) is 6.07. The van der Waals surface area contributed by atoms with Gasteiger partial charge in [0.1, 0.15) is 0 Å². The van der Waals surface area contributed by atoms with E-state index in [0.29, 0.717) is 14.0 Å². The smallest absolute Gasteiger partial charge is 0.361 e. The molecule has 0 aliphatic carbocycles. The van der Waals surface area contributed by atoms with E-state index in [0.717, 1.165) is 15.9 Å². The van der Waals surface area contributed by atoms with Gasteiger partial charge in [0, 0.05) is 31.2 Å². The van der Waals surface area contributed by atoms with Crippen molar-refractivity contribution < 1.29 is 9.45 Å². The minimum atomic E-state index is -0.263. The van der Waals surface area contributed by atoms with Gasteiger partial charge in [0.25, 0.3) is 0 Å². The van der Waals surface area contributed by atoms with Crippen LogP contribution in [0.5, 0.6) is 0 Å². The summed E-state index contributed by atoms with van der Waals surface area (Å²) in [6.45, 7) is 0. The fraction of sp³-hybridized carbons (Fsp3) is 0.400. The number of fused-ring (bicyclic) bond motifs is 1. The maximum absolute atomic E-state index is 12.1. The summed E-state index contributed by atoms with van der Waals surface area (Å²) in [4.78, 5) is 18.0. The van der Waals surface area contributed by atoms with Gasteiger partial charge in [0.2, 0.25) is 5.91 Å². The number of nitrogens with one attached hydrogen (secondary N) is 1. The normalized spacial score (nSPS) is 19.1. The first-order valence-electron chi connectivity index (χ1n) is 5.27. The second-order valence-corrected chi connectivity index (χ2v) is 4.83. The number of carbonyl (C=O) groups excluding carboxylic acids is 1. The van der Waals surface area contributed by atoms with Crippen molar-refractivity contribution >= 4 is 35.1 Å². The number of nitrogens with zero attached hydrogens (tertiary/aromatic N) is 2. The molecule has 1 N–H and O–H groups in total. The maximum Gasteiger partial charge on any atom is 0.361 e. The highest BCUT2D eigenvalue weighted by Crippen LogP contribution is 2.27. The standard InChI is InChI=1S/C10H13BBrN3O2/c1-15-9-3-6(12)5-13-7(9)4-8(10(15)16)14-11-17-2/h3,5,8,11,14H,4H2,1-2H3/t8-/m1/s1. The van der Waals surface area contributed by atoms with Crippen LogP contribution >= 0.6 is 15.9 Å². The molecule has 1 aliphatic rings. The number of halogens is 1. The lowest BCUT2D eigenvalue weighted by atomic mass is 10.00. The first-order chi connectivity index (χ1) is 8.13. The third-order valence-electron chi connectivity index (χ3n) is 2.78. The Morgan fingerprint density at radius 3 is 3.18 bits per heavy atom. The molecule has 1 aromatic heterocycles. The lowest BCUT2D eigenvalue weighted by Gasteiger charge is -2.31. The lowest BCUT2D eigenvalue weighted by molar-refractivity contribution is -0.120. The van der Waals surface area contributed by atoms with Crippen molar-refractivity contribution in [1.29, 1.82) is 0 Å². The Hall–Kier alpha value is -0.915. The largest absolute Gasteiger partial charge is 0.427 e. The van der Waals surface area contributed by atoms with Crippen LogP contribution < -0.4 is 10.1 Å². The first kappa shape index (κ1) is 12.5. The molecule has 0 radical (unpaired) electrons. The highest BCUT2D eigenvalue weighted by Gasteiger charge is 2.31. The highest BCUT2D eigenvalue weighted by molar-refractivity contribution is 9.10. The lowest BCUT2D eigenvalue weighted by Crippen LogP contribution is -2.51. The van der Waals surface area contributed by atoms with Crippen molar-refractivity contribution in [2.75, 3.05) is 19.1 Å². The zero-order valence-corrected chi connectivity index (χ0v) is 11.3. The van der Waals surface area contributed by atoms with Crippen LogP contribution in [0.3, 0.4) is 0 Å². The summed E-state index contributed by atoms with van der Waals surface area (Å²) < 4.78 is 5.80. The molecule has 7 heteroatoms. The number of rotatable bonds is 3. The fourth-order valence-corrected chi connectivity index (χ4v) is 2.20. The van der Waals surface area contributed by atoms with Crippen LogP contribution in [0.25, 0.3) is 0 Å². The van der Waals surface area contributed by atoms with Gasteiger partial charge in [-0.15, -0.1) is 0 Å². The molecule has 1 atom stereocenters. The highest BCUT2D eigenvalue weighted by atomic mass is 79.9. The monoisotopic (exact) mass is 297 g/mol. The topological polar surface area (TPSA) is 54.5 Å². The predicted molar refractivity (Wildman–Crippen MR) is 70.1 cm³/mol. The molecule has 17 heavy (non-hydrogen) atoms. The summed E-state index contributed by atoms with van der Waals surface area (Å²) in [7, 11) is 3.71. The van der Waals surface area contributed by atoms with E-state index in [-0.39, 0.29) is 11.9 Å². The van der Waals surface area contributed by atoms with E-state index in [1.165, 1.54) is 0 Å². The van der Waals surface area contributed by atoms with Gasteiger partial charge in [0.15, 0.2) is 0 Å². The fourth-order valence-electron chi connectivity index (χ4n) is 1.88. The maximum atomic E-state index is 12.1. The number of anilines is 1. The number of carbonyl (C=O) groups is 1. The van der Waals surface area contributed by atoms with Crippen molar-refractivity contribution in [3.05, 3.63) is 22.4 Å². The summed E-state index contributed by atoms with van der Waals surface area (Å²) >= 11 is 3.36. The van der Waals surface area contributed by atoms with Crippen molar-refractivity contribution in [1.82, 2.24) is 10.2 Å². The van der Waals surface area contributed by atoms with Crippen molar-refractivity contribution in [2.45, 2.75) is 12.5 Å². The molecule has 0 aromatic carbocycles. The molecule has 0 saturated carbocycles. The van der Waals surface area contributed by atoms with Crippen LogP contribution in [0.1, 0.15) is 5.69 Å². The Bertz CT molecular complexity index is 444. The van der Waals surface area contributed by atoms with Gasteiger partial charge in [-0.05, 0) is 22.0 Å². The van der Waals surface area contributed by atoms with E-state index in [1.54, 1.807) is 25.3 Å². The summed E-state index contributed by atoms with van der Waals surface area (Å²) in [5, 5.41) is 3.04. The Labute approximate surface area is 109 Å².